The summed E-state index contributed by atoms with van der Waals surface area (Å²) in [5.74, 6) is -1.04. The first-order valence-corrected chi connectivity index (χ1v) is 4.51. The first kappa shape index (κ1) is 10.9. The SMILES string of the molecule is CCNC(CO)c1ccc(O)c(F)c1. The van der Waals surface area contributed by atoms with Gasteiger partial charge in [-0.1, -0.05) is 13.0 Å². The second kappa shape index (κ2) is 4.93. The van der Waals surface area contributed by atoms with Crippen LogP contribution in [0.5, 0.6) is 5.75 Å². The third kappa shape index (κ3) is 2.43. The van der Waals surface area contributed by atoms with E-state index in [-0.39, 0.29) is 18.4 Å². The number of halogens is 1. The Morgan fingerprint density at radius 3 is 2.71 bits per heavy atom. The minimum atomic E-state index is -0.668. The Morgan fingerprint density at radius 1 is 1.50 bits per heavy atom. The van der Waals surface area contributed by atoms with Crippen LogP contribution < -0.4 is 5.32 Å². The number of hydrogen-bond donors (Lipinski definition) is 3. The van der Waals surface area contributed by atoms with E-state index in [1.54, 1.807) is 6.07 Å². The zero-order chi connectivity index (χ0) is 10.6. The molecule has 0 amide bonds. The lowest BCUT2D eigenvalue weighted by atomic mass is 10.1. The van der Waals surface area contributed by atoms with Gasteiger partial charge in [0.1, 0.15) is 0 Å². The lowest BCUT2D eigenvalue weighted by Crippen LogP contribution is -2.23. The number of phenols is 1. The molecule has 0 bridgehead atoms. The Balaban J connectivity index is 2.88. The maximum Gasteiger partial charge on any atom is 0.165 e. The van der Waals surface area contributed by atoms with Crippen molar-refractivity contribution in [3.05, 3.63) is 29.6 Å². The van der Waals surface area contributed by atoms with Crippen molar-refractivity contribution < 1.29 is 14.6 Å². The van der Waals surface area contributed by atoms with Crippen LogP contribution >= 0.6 is 0 Å². The summed E-state index contributed by atoms with van der Waals surface area (Å²) in [6, 6.07) is 3.81. The van der Waals surface area contributed by atoms with Gasteiger partial charge in [-0.3, -0.25) is 0 Å². The molecule has 1 unspecified atom stereocenters. The van der Waals surface area contributed by atoms with Gasteiger partial charge in [0.15, 0.2) is 11.6 Å². The molecule has 1 rings (SSSR count). The fourth-order valence-electron chi connectivity index (χ4n) is 1.27. The number of aliphatic hydroxyl groups is 1. The monoisotopic (exact) mass is 199 g/mol. The first-order chi connectivity index (χ1) is 6.69. The van der Waals surface area contributed by atoms with Crippen LogP contribution in [0.1, 0.15) is 18.5 Å². The molecule has 1 aromatic rings. The van der Waals surface area contributed by atoms with E-state index in [0.717, 1.165) is 0 Å². The third-order valence-corrected chi connectivity index (χ3v) is 2.01. The highest BCUT2D eigenvalue weighted by atomic mass is 19.1. The van der Waals surface area contributed by atoms with E-state index < -0.39 is 5.82 Å². The van der Waals surface area contributed by atoms with Crippen LogP contribution in [-0.2, 0) is 0 Å². The number of phenolic OH excluding ortho intramolecular Hbond substituents is 1. The second-order valence-electron chi connectivity index (χ2n) is 3.00. The number of likely N-dealkylation sites (N-methyl/N-ethyl adjacent to an activating group) is 1. The second-order valence-corrected chi connectivity index (χ2v) is 3.00. The van der Waals surface area contributed by atoms with Crippen molar-refractivity contribution in [1.29, 1.82) is 0 Å². The highest BCUT2D eigenvalue weighted by molar-refractivity contribution is 5.29. The molecule has 0 saturated heterocycles. The molecule has 3 nitrogen and oxygen atoms in total. The van der Waals surface area contributed by atoms with E-state index in [2.05, 4.69) is 5.32 Å². The van der Waals surface area contributed by atoms with Crippen molar-refractivity contribution in [2.45, 2.75) is 13.0 Å². The van der Waals surface area contributed by atoms with Crippen LogP contribution in [-0.4, -0.2) is 23.4 Å². The summed E-state index contributed by atoms with van der Waals surface area (Å²) in [6.07, 6.45) is 0. The molecule has 0 aliphatic rings. The van der Waals surface area contributed by atoms with Gasteiger partial charge in [-0.25, -0.2) is 4.39 Å². The zero-order valence-corrected chi connectivity index (χ0v) is 8.00. The highest BCUT2D eigenvalue weighted by Crippen LogP contribution is 2.20. The summed E-state index contributed by atoms with van der Waals surface area (Å²) < 4.78 is 13.0. The first-order valence-electron chi connectivity index (χ1n) is 4.51. The molecule has 0 radical (unpaired) electrons. The fraction of sp³-hybridized carbons (Fsp3) is 0.400. The van der Waals surface area contributed by atoms with Gasteiger partial charge in [0.2, 0.25) is 0 Å². The minimum absolute atomic E-state index is 0.0992. The maximum absolute atomic E-state index is 13.0. The van der Waals surface area contributed by atoms with Gasteiger partial charge in [0.05, 0.1) is 12.6 Å². The molecule has 3 N–H and O–H groups in total. The van der Waals surface area contributed by atoms with E-state index in [9.17, 15) is 4.39 Å². The Morgan fingerprint density at radius 2 is 2.21 bits per heavy atom. The number of benzene rings is 1. The van der Waals surface area contributed by atoms with Gasteiger partial charge in [-0.15, -0.1) is 0 Å². The number of aromatic hydroxyl groups is 1. The average Bonchev–Trinajstić information content (AvgIpc) is 2.19. The zero-order valence-electron chi connectivity index (χ0n) is 8.00. The van der Waals surface area contributed by atoms with Crippen molar-refractivity contribution in [1.82, 2.24) is 5.32 Å². The summed E-state index contributed by atoms with van der Waals surface area (Å²) in [4.78, 5) is 0. The molecule has 1 atom stereocenters. The van der Waals surface area contributed by atoms with Crippen LogP contribution in [0.25, 0.3) is 0 Å². The predicted octanol–water partition coefficient (Wildman–Crippen LogP) is 1.17. The van der Waals surface area contributed by atoms with Crippen molar-refractivity contribution in [3.63, 3.8) is 0 Å². The summed E-state index contributed by atoms with van der Waals surface area (Å²) in [6.45, 7) is 2.49. The van der Waals surface area contributed by atoms with Gasteiger partial charge in [0.25, 0.3) is 0 Å². The lowest BCUT2D eigenvalue weighted by Gasteiger charge is -2.15. The minimum Gasteiger partial charge on any atom is -0.505 e. The number of rotatable bonds is 4. The molecular weight excluding hydrogens is 185 g/mol. The van der Waals surface area contributed by atoms with Crippen LogP contribution in [0.3, 0.4) is 0 Å². The van der Waals surface area contributed by atoms with E-state index in [1.807, 2.05) is 6.92 Å². The van der Waals surface area contributed by atoms with Crippen LogP contribution in [0.2, 0.25) is 0 Å². The summed E-state index contributed by atoms with van der Waals surface area (Å²) in [7, 11) is 0. The quantitative estimate of drug-likeness (QED) is 0.682. The van der Waals surface area contributed by atoms with E-state index in [1.165, 1.54) is 12.1 Å². The van der Waals surface area contributed by atoms with E-state index >= 15 is 0 Å². The smallest absolute Gasteiger partial charge is 0.165 e. The van der Waals surface area contributed by atoms with Crippen molar-refractivity contribution in [2.75, 3.05) is 13.2 Å². The third-order valence-electron chi connectivity index (χ3n) is 2.01. The number of nitrogens with one attached hydrogen (secondary N) is 1. The Labute approximate surface area is 82.2 Å². The topological polar surface area (TPSA) is 52.5 Å². The molecule has 0 saturated carbocycles. The average molecular weight is 199 g/mol. The van der Waals surface area contributed by atoms with Gasteiger partial charge in [-0.2, -0.15) is 0 Å². The summed E-state index contributed by atoms with van der Waals surface area (Å²) >= 11 is 0. The molecule has 4 heteroatoms. The normalized spacial score (nSPS) is 12.8. The van der Waals surface area contributed by atoms with E-state index in [4.69, 9.17) is 10.2 Å². The van der Waals surface area contributed by atoms with Gasteiger partial charge < -0.3 is 15.5 Å². The summed E-state index contributed by atoms with van der Waals surface area (Å²) in [5, 5.41) is 21.0. The molecular formula is C10H14FNO2. The molecule has 14 heavy (non-hydrogen) atoms. The lowest BCUT2D eigenvalue weighted by molar-refractivity contribution is 0.246. The Bertz CT molecular complexity index is 304. The number of hydrogen-bond acceptors (Lipinski definition) is 3. The molecule has 0 aliphatic carbocycles. The molecule has 0 heterocycles. The molecule has 0 fully saturated rings. The van der Waals surface area contributed by atoms with Crippen molar-refractivity contribution in [2.24, 2.45) is 0 Å². The van der Waals surface area contributed by atoms with Gasteiger partial charge in [0, 0.05) is 0 Å². The Kier molecular flexibility index (Phi) is 3.85. The fourth-order valence-corrected chi connectivity index (χ4v) is 1.27. The standard InChI is InChI=1S/C10H14FNO2/c1-2-12-9(6-13)7-3-4-10(14)8(11)5-7/h3-5,9,12-14H,2,6H2,1H3. The van der Waals surface area contributed by atoms with Crippen LogP contribution in [0, 0.1) is 5.82 Å². The van der Waals surface area contributed by atoms with Crippen LogP contribution in [0.15, 0.2) is 18.2 Å². The molecule has 1 aromatic carbocycles. The number of aliphatic hydroxyl groups excluding tert-OH is 1. The van der Waals surface area contributed by atoms with Crippen LogP contribution in [0.4, 0.5) is 4.39 Å². The Hall–Kier alpha value is -1.13. The molecule has 78 valence electrons. The summed E-state index contributed by atoms with van der Waals surface area (Å²) in [5.41, 5.74) is 0.629. The van der Waals surface area contributed by atoms with Crippen molar-refractivity contribution in [3.8, 4) is 5.75 Å². The largest absolute Gasteiger partial charge is 0.505 e. The van der Waals surface area contributed by atoms with Gasteiger partial charge in [-0.05, 0) is 24.2 Å². The highest BCUT2D eigenvalue weighted by Gasteiger charge is 2.10. The van der Waals surface area contributed by atoms with E-state index in [0.29, 0.717) is 12.1 Å². The maximum atomic E-state index is 13.0. The van der Waals surface area contributed by atoms with Crippen molar-refractivity contribution >= 4 is 0 Å². The molecule has 0 spiro atoms. The predicted molar refractivity (Wildman–Crippen MR) is 51.6 cm³/mol. The van der Waals surface area contributed by atoms with Gasteiger partial charge >= 0.3 is 0 Å². The molecule has 0 aromatic heterocycles. The molecule has 0 aliphatic heterocycles.